The number of carbonyl (C=O) groups excluding carboxylic acids is 2. The first-order chi connectivity index (χ1) is 10.4. The highest BCUT2D eigenvalue weighted by atomic mass is 35.5. The molecule has 22 heavy (non-hydrogen) atoms. The fourth-order valence-corrected chi connectivity index (χ4v) is 2.27. The van der Waals surface area contributed by atoms with Gasteiger partial charge in [-0.2, -0.15) is 0 Å². The Labute approximate surface area is 136 Å². The Balaban J connectivity index is 2.32. The molecule has 0 aliphatic rings. The van der Waals surface area contributed by atoms with Gasteiger partial charge in [0.05, 0.1) is 6.04 Å². The molecule has 6 heteroatoms. The lowest BCUT2D eigenvalue weighted by atomic mass is 10.1. The van der Waals surface area contributed by atoms with Gasteiger partial charge in [0.25, 0.3) is 0 Å². The van der Waals surface area contributed by atoms with Crippen LogP contribution in [0, 0.1) is 0 Å². The van der Waals surface area contributed by atoms with Crippen molar-refractivity contribution in [3.63, 3.8) is 0 Å². The molecule has 0 aliphatic heterocycles. The molecular formula is C16H24ClN3O2. The van der Waals surface area contributed by atoms with Crippen LogP contribution in [0.15, 0.2) is 24.3 Å². The largest absolute Gasteiger partial charge is 0.352 e. The summed E-state index contributed by atoms with van der Waals surface area (Å²) in [5.74, 6) is 0.116. The Kier molecular flexibility index (Phi) is 7.74. The minimum atomic E-state index is -0.507. The standard InChI is InChI=1S/C16H24ClN3O2/c1-12(13-7-9-14(17)10-8-13)20(2)15(21)6-4-3-5-11-19-16(18)22/h7-10,12H,3-6,11H2,1-2H3,(H3,18,19,22). The van der Waals surface area contributed by atoms with Crippen molar-refractivity contribution in [2.24, 2.45) is 5.73 Å². The summed E-state index contributed by atoms with van der Waals surface area (Å²) >= 11 is 5.87. The maximum atomic E-state index is 12.2. The summed E-state index contributed by atoms with van der Waals surface area (Å²) in [6.07, 6.45) is 3.02. The summed E-state index contributed by atoms with van der Waals surface area (Å²) in [4.78, 5) is 24.4. The zero-order chi connectivity index (χ0) is 16.5. The van der Waals surface area contributed by atoms with Crippen molar-refractivity contribution in [3.05, 3.63) is 34.9 Å². The summed E-state index contributed by atoms with van der Waals surface area (Å²) in [5, 5.41) is 3.22. The van der Waals surface area contributed by atoms with E-state index in [9.17, 15) is 9.59 Å². The van der Waals surface area contributed by atoms with Crippen molar-refractivity contribution in [1.82, 2.24) is 10.2 Å². The molecule has 3 amide bonds. The van der Waals surface area contributed by atoms with Crippen molar-refractivity contribution >= 4 is 23.5 Å². The predicted octanol–water partition coefficient (Wildman–Crippen LogP) is 3.09. The molecule has 122 valence electrons. The van der Waals surface area contributed by atoms with Gasteiger partial charge in [-0.15, -0.1) is 0 Å². The van der Waals surface area contributed by atoms with E-state index in [2.05, 4.69) is 5.32 Å². The number of primary amides is 1. The lowest BCUT2D eigenvalue weighted by molar-refractivity contribution is -0.131. The van der Waals surface area contributed by atoms with Gasteiger partial charge in [0, 0.05) is 25.0 Å². The number of benzene rings is 1. The fourth-order valence-electron chi connectivity index (χ4n) is 2.15. The molecule has 0 saturated heterocycles. The average molecular weight is 326 g/mol. The van der Waals surface area contributed by atoms with Crippen LogP contribution in [0.1, 0.15) is 44.2 Å². The summed E-state index contributed by atoms with van der Waals surface area (Å²) in [6.45, 7) is 2.55. The molecule has 1 atom stereocenters. The molecule has 1 aromatic carbocycles. The van der Waals surface area contributed by atoms with Gasteiger partial charge in [-0.25, -0.2) is 4.79 Å². The van der Waals surface area contributed by atoms with Gasteiger partial charge in [-0.3, -0.25) is 4.79 Å². The molecule has 0 aliphatic carbocycles. The molecule has 0 heterocycles. The zero-order valence-corrected chi connectivity index (χ0v) is 13.9. The molecule has 0 bridgehead atoms. The molecule has 0 radical (unpaired) electrons. The third-order valence-electron chi connectivity index (χ3n) is 3.69. The van der Waals surface area contributed by atoms with Crippen LogP contribution in [-0.2, 0) is 4.79 Å². The van der Waals surface area contributed by atoms with Crippen LogP contribution in [0.25, 0.3) is 0 Å². The number of nitrogens with zero attached hydrogens (tertiary/aromatic N) is 1. The van der Waals surface area contributed by atoms with Crippen molar-refractivity contribution in [2.75, 3.05) is 13.6 Å². The third-order valence-corrected chi connectivity index (χ3v) is 3.95. The number of urea groups is 1. The number of halogens is 1. The van der Waals surface area contributed by atoms with E-state index in [1.807, 2.05) is 38.2 Å². The molecular weight excluding hydrogens is 302 g/mol. The summed E-state index contributed by atoms with van der Waals surface area (Å²) in [5.41, 5.74) is 6.03. The summed E-state index contributed by atoms with van der Waals surface area (Å²) in [7, 11) is 1.82. The highest BCUT2D eigenvalue weighted by Crippen LogP contribution is 2.21. The van der Waals surface area contributed by atoms with Gasteiger partial charge in [0.1, 0.15) is 0 Å². The van der Waals surface area contributed by atoms with Crippen molar-refractivity contribution in [1.29, 1.82) is 0 Å². The highest BCUT2D eigenvalue weighted by Gasteiger charge is 2.16. The molecule has 0 spiro atoms. The van der Waals surface area contributed by atoms with E-state index in [0.29, 0.717) is 18.0 Å². The van der Waals surface area contributed by atoms with Gasteiger partial charge >= 0.3 is 6.03 Å². The lowest BCUT2D eigenvalue weighted by Gasteiger charge is -2.25. The summed E-state index contributed by atoms with van der Waals surface area (Å²) in [6, 6.07) is 7.04. The van der Waals surface area contributed by atoms with Crippen molar-refractivity contribution < 1.29 is 9.59 Å². The average Bonchev–Trinajstić information content (AvgIpc) is 2.49. The Morgan fingerprint density at radius 1 is 1.23 bits per heavy atom. The van der Waals surface area contributed by atoms with Crippen LogP contribution < -0.4 is 11.1 Å². The number of carbonyl (C=O) groups is 2. The minimum absolute atomic E-state index is 0.0151. The minimum Gasteiger partial charge on any atom is -0.352 e. The predicted molar refractivity (Wildman–Crippen MR) is 88.7 cm³/mol. The summed E-state index contributed by atoms with van der Waals surface area (Å²) < 4.78 is 0. The van der Waals surface area contributed by atoms with Crippen LogP contribution in [0.2, 0.25) is 5.02 Å². The van der Waals surface area contributed by atoms with Crippen LogP contribution in [0.4, 0.5) is 4.79 Å². The van der Waals surface area contributed by atoms with Crippen LogP contribution in [0.3, 0.4) is 0 Å². The van der Waals surface area contributed by atoms with E-state index in [4.69, 9.17) is 17.3 Å². The van der Waals surface area contributed by atoms with Gasteiger partial charge in [-0.05, 0) is 37.5 Å². The number of rotatable bonds is 8. The third kappa shape index (κ3) is 6.35. The smallest absolute Gasteiger partial charge is 0.312 e. The van der Waals surface area contributed by atoms with Crippen molar-refractivity contribution in [3.8, 4) is 0 Å². The van der Waals surface area contributed by atoms with Crippen LogP contribution >= 0.6 is 11.6 Å². The zero-order valence-electron chi connectivity index (χ0n) is 13.1. The molecule has 1 unspecified atom stereocenters. The van der Waals surface area contributed by atoms with Gasteiger partial charge in [0.15, 0.2) is 0 Å². The first kappa shape index (κ1) is 18.3. The Morgan fingerprint density at radius 2 is 1.86 bits per heavy atom. The van der Waals surface area contributed by atoms with Gasteiger partial charge in [-0.1, -0.05) is 30.2 Å². The maximum absolute atomic E-state index is 12.2. The maximum Gasteiger partial charge on any atom is 0.312 e. The second kappa shape index (κ2) is 9.30. The SMILES string of the molecule is CC(c1ccc(Cl)cc1)N(C)C(=O)CCCCCNC(N)=O. The second-order valence-corrected chi connectivity index (χ2v) is 5.77. The van der Waals surface area contributed by atoms with E-state index in [1.165, 1.54) is 0 Å². The highest BCUT2D eigenvalue weighted by molar-refractivity contribution is 6.30. The van der Waals surface area contributed by atoms with E-state index in [0.717, 1.165) is 24.8 Å². The van der Waals surface area contributed by atoms with E-state index in [1.54, 1.807) is 4.90 Å². The number of hydrogen-bond donors (Lipinski definition) is 2. The number of hydrogen-bond acceptors (Lipinski definition) is 2. The number of unbranched alkanes of at least 4 members (excludes halogenated alkanes) is 2. The lowest BCUT2D eigenvalue weighted by Crippen LogP contribution is -2.30. The van der Waals surface area contributed by atoms with E-state index in [-0.39, 0.29) is 11.9 Å². The second-order valence-electron chi connectivity index (χ2n) is 5.33. The van der Waals surface area contributed by atoms with E-state index >= 15 is 0 Å². The number of amides is 3. The fraction of sp³-hybridized carbons (Fsp3) is 0.500. The number of nitrogens with two attached hydrogens (primary N) is 1. The molecule has 0 fully saturated rings. The first-order valence-corrected chi connectivity index (χ1v) is 7.84. The monoisotopic (exact) mass is 325 g/mol. The molecule has 0 saturated carbocycles. The molecule has 1 aromatic rings. The Bertz CT molecular complexity index is 491. The first-order valence-electron chi connectivity index (χ1n) is 7.46. The molecule has 5 nitrogen and oxygen atoms in total. The van der Waals surface area contributed by atoms with Crippen LogP contribution in [0.5, 0.6) is 0 Å². The topological polar surface area (TPSA) is 75.4 Å². The van der Waals surface area contributed by atoms with Crippen LogP contribution in [-0.4, -0.2) is 30.4 Å². The van der Waals surface area contributed by atoms with Gasteiger partial charge < -0.3 is 16.0 Å². The number of nitrogens with one attached hydrogen (secondary N) is 1. The van der Waals surface area contributed by atoms with Gasteiger partial charge in [0.2, 0.25) is 5.91 Å². The molecule has 3 N–H and O–H groups in total. The molecule has 0 aromatic heterocycles. The Morgan fingerprint density at radius 3 is 2.45 bits per heavy atom. The Hall–Kier alpha value is -1.75. The quantitative estimate of drug-likeness (QED) is 0.721. The normalized spacial score (nSPS) is 11.8. The van der Waals surface area contributed by atoms with Crippen molar-refractivity contribution in [2.45, 2.75) is 38.6 Å². The van der Waals surface area contributed by atoms with E-state index < -0.39 is 6.03 Å². The molecule has 1 rings (SSSR count).